The van der Waals surface area contributed by atoms with Gasteiger partial charge in [0.1, 0.15) is 22.7 Å². The van der Waals surface area contributed by atoms with Gasteiger partial charge in [0.05, 0.1) is 31.6 Å². The zero-order chi connectivity index (χ0) is 15.8. The van der Waals surface area contributed by atoms with Gasteiger partial charge in [-0.15, -0.1) is 11.3 Å². The Labute approximate surface area is 140 Å². The molecule has 0 aliphatic carbocycles. The highest BCUT2D eigenvalue weighted by Gasteiger charge is 2.25. The Morgan fingerprint density at radius 3 is 2.52 bits per heavy atom. The van der Waals surface area contributed by atoms with Crippen molar-refractivity contribution >= 4 is 33.1 Å². The van der Waals surface area contributed by atoms with Crippen LogP contribution in [0, 0.1) is 13.8 Å². The molecule has 0 saturated carbocycles. The van der Waals surface area contributed by atoms with Crippen molar-refractivity contribution in [1.82, 2.24) is 9.97 Å². The summed E-state index contributed by atoms with van der Waals surface area (Å²) >= 11 is 1.77. The molecule has 4 nitrogen and oxygen atoms in total. The summed E-state index contributed by atoms with van der Waals surface area (Å²) in [6.45, 7) is 8.64. The van der Waals surface area contributed by atoms with Crippen LogP contribution >= 0.6 is 11.3 Å². The fraction of sp³-hybridized carbons (Fsp3) is 0.333. The molecule has 1 saturated heterocycles. The van der Waals surface area contributed by atoms with Crippen LogP contribution in [0.4, 0.5) is 11.5 Å². The number of thiophene rings is 1. The predicted octanol–water partition coefficient (Wildman–Crippen LogP) is 2.34. The van der Waals surface area contributed by atoms with Crippen molar-refractivity contribution in [3.63, 3.8) is 0 Å². The fourth-order valence-electron chi connectivity index (χ4n) is 3.35. The number of aryl methyl sites for hydroxylation is 2. The molecule has 4 rings (SSSR count). The lowest BCUT2D eigenvalue weighted by atomic mass is 10.2. The summed E-state index contributed by atoms with van der Waals surface area (Å²) in [5.41, 5.74) is 2.72. The van der Waals surface area contributed by atoms with Gasteiger partial charge in [-0.1, -0.05) is 18.2 Å². The molecule has 2 aromatic heterocycles. The molecule has 118 valence electrons. The second-order valence-corrected chi connectivity index (χ2v) is 7.32. The first-order valence-electron chi connectivity index (χ1n) is 8.10. The number of benzene rings is 1. The molecule has 1 fully saturated rings. The van der Waals surface area contributed by atoms with Crippen molar-refractivity contribution in [3.05, 3.63) is 47.1 Å². The van der Waals surface area contributed by atoms with E-state index in [1.165, 1.54) is 21.5 Å². The molecule has 23 heavy (non-hydrogen) atoms. The van der Waals surface area contributed by atoms with Gasteiger partial charge >= 0.3 is 0 Å². The summed E-state index contributed by atoms with van der Waals surface area (Å²) in [5.74, 6) is 1.11. The minimum absolute atomic E-state index is 1.03. The molecule has 0 atom stereocenters. The number of hydrogen-bond donors (Lipinski definition) is 1. The van der Waals surface area contributed by atoms with E-state index in [0.29, 0.717) is 0 Å². The van der Waals surface area contributed by atoms with E-state index in [1.807, 2.05) is 0 Å². The highest BCUT2D eigenvalue weighted by atomic mass is 32.1. The van der Waals surface area contributed by atoms with Gasteiger partial charge in [-0.3, -0.25) is 4.90 Å². The number of para-hydroxylation sites is 1. The third-order valence-electron chi connectivity index (χ3n) is 4.79. The molecule has 3 aromatic rings. The molecule has 0 amide bonds. The number of anilines is 1. The van der Waals surface area contributed by atoms with E-state index in [1.54, 1.807) is 22.6 Å². The smallest absolute Gasteiger partial charge is 0.141 e. The third-order valence-corrected chi connectivity index (χ3v) is 5.91. The van der Waals surface area contributed by atoms with Gasteiger partial charge in [0.2, 0.25) is 0 Å². The highest BCUT2D eigenvalue weighted by Crippen LogP contribution is 2.34. The number of aromatic nitrogens is 2. The first-order chi connectivity index (χ1) is 11.2. The highest BCUT2D eigenvalue weighted by molar-refractivity contribution is 7.18. The molecule has 1 aliphatic rings. The molecule has 1 N–H and O–H groups in total. The van der Waals surface area contributed by atoms with Gasteiger partial charge in [-0.05, 0) is 31.5 Å². The number of fused-ring (bicyclic) bond motifs is 1. The molecular weight excluding hydrogens is 304 g/mol. The summed E-state index contributed by atoms with van der Waals surface area (Å²) in [6, 6.07) is 10.8. The number of nitrogens with one attached hydrogen (secondary N) is 1. The Morgan fingerprint density at radius 2 is 1.78 bits per heavy atom. The topological polar surface area (TPSA) is 33.5 Å². The van der Waals surface area contributed by atoms with Crippen LogP contribution in [0.25, 0.3) is 10.2 Å². The van der Waals surface area contributed by atoms with E-state index in [-0.39, 0.29) is 0 Å². The maximum Gasteiger partial charge on any atom is 0.141 e. The maximum absolute atomic E-state index is 4.61. The van der Waals surface area contributed by atoms with Crippen molar-refractivity contribution in [1.29, 1.82) is 0 Å². The van der Waals surface area contributed by atoms with Crippen LogP contribution in [0.1, 0.15) is 10.4 Å². The number of rotatable bonds is 2. The van der Waals surface area contributed by atoms with Gasteiger partial charge in [0, 0.05) is 4.88 Å². The Kier molecular flexibility index (Phi) is 3.75. The molecule has 0 radical (unpaired) electrons. The van der Waals surface area contributed by atoms with Gasteiger partial charge < -0.3 is 4.90 Å². The lowest BCUT2D eigenvalue weighted by Crippen LogP contribution is -3.10. The first kappa shape index (κ1) is 14.6. The molecule has 5 heteroatoms. The summed E-state index contributed by atoms with van der Waals surface area (Å²) in [5, 5.41) is 1.25. The Balaban J connectivity index is 1.59. The lowest BCUT2D eigenvalue weighted by Gasteiger charge is -2.33. The van der Waals surface area contributed by atoms with Crippen molar-refractivity contribution < 1.29 is 4.90 Å². The molecule has 1 aliphatic heterocycles. The normalized spacial score (nSPS) is 16.2. The van der Waals surface area contributed by atoms with E-state index in [4.69, 9.17) is 0 Å². The van der Waals surface area contributed by atoms with Gasteiger partial charge in [-0.2, -0.15) is 0 Å². The number of hydrogen-bond acceptors (Lipinski definition) is 4. The zero-order valence-corrected chi connectivity index (χ0v) is 14.4. The van der Waals surface area contributed by atoms with Crippen molar-refractivity contribution in [2.24, 2.45) is 0 Å². The van der Waals surface area contributed by atoms with Gasteiger partial charge in [-0.25, -0.2) is 9.97 Å². The molecular formula is C18H21N4S+. The van der Waals surface area contributed by atoms with E-state index in [0.717, 1.165) is 36.8 Å². The zero-order valence-electron chi connectivity index (χ0n) is 13.5. The van der Waals surface area contributed by atoms with Gasteiger partial charge in [0.15, 0.2) is 0 Å². The van der Waals surface area contributed by atoms with Crippen LogP contribution in [-0.4, -0.2) is 36.1 Å². The van der Waals surface area contributed by atoms with E-state index in [9.17, 15) is 0 Å². The minimum atomic E-state index is 1.03. The monoisotopic (exact) mass is 325 g/mol. The first-order valence-corrected chi connectivity index (χ1v) is 8.91. The lowest BCUT2D eigenvalue weighted by molar-refractivity contribution is -0.833. The average molecular weight is 325 g/mol. The largest absolute Gasteiger partial charge is 0.345 e. The van der Waals surface area contributed by atoms with E-state index in [2.05, 4.69) is 59.0 Å². The van der Waals surface area contributed by atoms with Crippen LogP contribution in [0.3, 0.4) is 0 Å². The maximum atomic E-state index is 4.61. The fourth-order valence-corrected chi connectivity index (χ4v) is 4.35. The molecule has 3 heterocycles. The number of quaternary nitrogens is 1. The van der Waals surface area contributed by atoms with Crippen molar-refractivity contribution in [3.8, 4) is 0 Å². The predicted molar refractivity (Wildman–Crippen MR) is 95.9 cm³/mol. The van der Waals surface area contributed by atoms with E-state index >= 15 is 0 Å². The number of piperazine rings is 1. The summed E-state index contributed by atoms with van der Waals surface area (Å²) in [6.07, 6.45) is 1.71. The Morgan fingerprint density at radius 1 is 1.04 bits per heavy atom. The van der Waals surface area contributed by atoms with Crippen molar-refractivity contribution in [2.75, 3.05) is 31.1 Å². The standard InChI is InChI=1S/C18H20N4S/c1-13-14(2)23-18-16(13)17(19-12-20-18)22-10-8-21(9-11-22)15-6-4-3-5-7-15/h3-7,12H,8-11H2,1-2H3/p+1. The second-order valence-electron chi connectivity index (χ2n) is 6.12. The third kappa shape index (κ3) is 2.60. The summed E-state index contributed by atoms with van der Waals surface area (Å²) in [7, 11) is 0. The summed E-state index contributed by atoms with van der Waals surface area (Å²) in [4.78, 5) is 15.5. The molecule has 0 unspecified atom stereocenters. The molecule has 0 spiro atoms. The van der Waals surface area contributed by atoms with Crippen LogP contribution in [0.15, 0.2) is 36.7 Å². The number of nitrogens with zero attached hydrogens (tertiary/aromatic N) is 3. The van der Waals surface area contributed by atoms with E-state index < -0.39 is 0 Å². The van der Waals surface area contributed by atoms with Crippen LogP contribution in [0.2, 0.25) is 0 Å². The van der Waals surface area contributed by atoms with Gasteiger partial charge in [0.25, 0.3) is 0 Å². The second kappa shape index (κ2) is 5.91. The molecule has 1 aromatic carbocycles. The van der Waals surface area contributed by atoms with Crippen molar-refractivity contribution in [2.45, 2.75) is 13.8 Å². The average Bonchev–Trinajstić information content (AvgIpc) is 2.90. The van der Waals surface area contributed by atoms with Crippen LogP contribution in [0.5, 0.6) is 0 Å². The summed E-state index contributed by atoms with van der Waals surface area (Å²) < 4.78 is 0. The van der Waals surface area contributed by atoms with Crippen LogP contribution in [-0.2, 0) is 0 Å². The minimum Gasteiger partial charge on any atom is -0.345 e. The molecule has 0 bridgehead atoms. The Hall–Kier alpha value is -1.98. The van der Waals surface area contributed by atoms with Crippen LogP contribution < -0.4 is 9.80 Å². The Bertz CT molecular complexity index is 820. The SMILES string of the molecule is Cc1sc2ncnc(N3CC[NH+](c4ccccc4)CC3)c2c1C. The quantitative estimate of drug-likeness (QED) is 0.785.